The molecule has 0 aliphatic rings. The van der Waals surface area contributed by atoms with E-state index >= 15 is 0 Å². The van der Waals surface area contributed by atoms with Crippen molar-refractivity contribution in [3.05, 3.63) is 11.6 Å². The molecule has 0 radical (unpaired) electrons. The van der Waals surface area contributed by atoms with Crippen molar-refractivity contribution in [1.29, 1.82) is 0 Å². The molecule has 0 aliphatic carbocycles. The summed E-state index contributed by atoms with van der Waals surface area (Å²) in [5.41, 5.74) is 0.261. The van der Waals surface area contributed by atoms with Crippen molar-refractivity contribution >= 4 is 11.9 Å². The quantitative estimate of drug-likeness (QED) is 0.498. The fourth-order valence-electron chi connectivity index (χ4n) is 0.728. The molecule has 0 fully saturated rings. The molecule has 80 valence electrons. The second-order valence-corrected chi connectivity index (χ2v) is 2.72. The lowest BCUT2D eigenvalue weighted by atomic mass is 10.3. The minimum atomic E-state index is -0.515. The van der Waals surface area contributed by atoms with Crippen LogP contribution in [0.15, 0.2) is 11.6 Å². The van der Waals surface area contributed by atoms with Gasteiger partial charge in [0.05, 0.1) is 13.2 Å². The van der Waals surface area contributed by atoms with Gasteiger partial charge in [0.25, 0.3) is 0 Å². The summed E-state index contributed by atoms with van der Waals surface area (Å²) in [5.74, 6) is -0.988. The molecule has 0 amide bonds. The average molecular weight is 200 g/mol. The van der Waals surface area contributed by atoms with Crippen molar-refractivity contribution in [3.63, 3.8) is 0 Å². The molecule has 0 bridgehead atoms. The molecule has 0 aromatic heterocycles. The summed E-state index contributed by atoms with van der Waals surface area (Å²) < 4.78 is 9.46. The molecule has 4 heteroatoms. The molecule has 0 heterocycles. The largest absolute Gasteiger partial charge is 0.463 e. The second kappa shape index (κ2) is 7.12. The molecule has 0 rings (SSSR count). The van der Waals surface area contributed by atoms with Gasteiger partial charge in [-0.05, 0) is 20.3 Å². The van der Waals surface area contributed by atoms with Crippen LogP contribution in [0.1, 0.15) is 27.2 Å². The van der Waals surface area contributed by atoms with Gasteiger partial charge in [-0.2, -0.15) is 0 Å². The molecule has 0 aromatic rings. The van der Waals surface area contributed by atoms with Gasteiger partial charge < -0.3 is 9.47 Å². The smallest absolute Gasteiger partial charge is 0.333 e. The minimum Gasteiger partial charge on any atom is -0.463 e. The lowest BCUT2D eigenvalue weighted by molar-refractivity contribution is -0.141. The number of esters is 2. The molecule has 0 aliphatic heterocycles. The predicted octanol–water partition coefficient (Wildman–Crippen LogP) is 1.45. The lowest BCUT2D eigenvalue weighted by Gasteiger charge is -2.02. The van der Waals surface area contributed by atoms with E-state index in [9.17, 15) is 9.59 Å². The maximum Gasteiger partial charge on any atom is 0.333 e. The Morgan fingerprint density at radius 3 is 2.36 bits per heavy atom. The van der Waals surface area contributed by atoms with E-state index in [0.29, 0.717) is 13.2 Å². The van der Waals surface area contributed by atoms with Crippen molar-refractivity contribution in [2.75, 3.05) is 13.2 Å². The Hall–Kier alpha value is -1.32. The molecule has 4 nitrogen and oxygen atoms in total. The predicted molar refractivity (Wildman–Crippen MR) is 51.6 cm³/mol. The number of ether oxygens (including phenoxy) is 2. The maximum atomic E-state index is 11.1. The zero-order chi connectivity index (χ0) is 11.0. The first-order valence-electron chi connectivity index (χ1n) is 4.64. The zero-order valence-corrected chi connectivity index (χ0v) is 8.83. The van der Waals surface area contributed by atoms with E-state index in [4.69, 9.17) is 4.74 Å². The van der Waals surface area contributed by atoms with E-state index < -0.39 is 11.9 Å². The fraction of sp³-hybridized carbons (Fsp3) is 0.600. The standard InChI is InChI=1S/C10H16O4/c1-4-6-14-10(12)8(3)7-9(11)13-5-2/h7H,4-6H2,1-3H3. The van der Waals surface area contributed by atoms with Gasteiger partial charge in [0.15, 0.2) is 0 Å². The van der Waals surface area contributed by atoms with Gasteiger partial charge in [-0.25, -0.2) is 9.59 Å². The van der Waals surface area contributed by atoms with Crippen molar-refractivity contribution in [2.45, 2.75) is 27.2 Å². The fourth-order valence-corrected chi connectivity index (χ4v) is 0.728. The molecular formula is C10H16O4. The van der Waals surface area contributed by atoms with Crippen LogP contribution in [-0.4, -0.2) is 25.2 Å². The molecule has 0 atom stereocenters. The zero-order valence-electron chi connectivity index (χ0n) is 8.83. The highest BCUT2D eigenvalue weighted by Gasteiger charge is 2.07. The summed E-state index contributed by atoms with van der Waals surface area (Å²) in [6, 6.07) is 0. The topological polar surface area (TPSA) is 52.6 Å². The van der Waals surface area contributed by atoms with Crippen molar-refractivity contribution in [3.8, 4) is 0 Å². The van der Waals surface area contributed by atoms with E-state index in [1.165, 1.54) is 6.92 Å². The number of carbonyl (C=O) groups excluding carboxylic acids is 2. The Morgan fingerprint density at radius 1 is 1.21 bits per heavy atom. The number of rotatable bonds is 5. The Balaban J connectivity index is 4.08. The summed E-state index contributed by atoms with van der Waals surface area (Å²) in [4.78, 5) is 22.1. The average Bonchev–Trinajstić information content (AvgIpc) is 2.14. The van der Waals surface area contributed by atoms with Crippen molar-refractivity contribution < 1.29 is 19.1 Å². The minimum absolute atomic E-state index is 0.261. The summed E-state index contributed by atoms with van der Waals surface area (Å²) in [7, 11) is 0. The van der Waals surface area contributed by atoms with Gasteiger partial charge in [0, 0.05) is 11.6 Å². The normalized spacial score (nSPS) is 10.9. The molecule has 0 N–H and O–H groups in total. The first kappa shape index (κ1) is 12.7. The molecule has 0 spiro atoms. The van der Waals surface area contributed by atoms with E-state index in [1.54, 1.807) is 6.92 Å². The van der Waals surface area contributed by atoms with Crippen LogP contribution in [0.3, 0.4) is 0 Å². The van der Waals surface area contributed by atoms with Crippen molar-refractivity contribution in [1.82, 2.24) is 0 Å². The number of hydrogen-bond acceptors (Lipinski definition) is 4. The van der Waals surface area contributed by atoms with E-state index in [-0.39, 0.29) is 5.57 Å². The summed E-state index contributed by atoms with van der Waals surface area (Å²) >= 11 is 0. The molecular weight excluding hydrogens is 184 g/mol. The third kappa shape index (κ3) is 5.35. The van der Waals surface area contributed by atoms with Crippen molar-refractivity contribution in [2.24, 2.45) is 0 Å². The Kier molecular flexibility index (Phi) is 6.45. The highest BCUT2D eigenvalue weighted by molar-refractivity contribution is 5.95. The summed E-state index contributed by atoms with van der Waals surface area (Å²) in [6.45, 7) is 5.79. The maximum absolute atomic E-state index is 11.1. The summed E-state index contributed by atoms with van der Waals surface area (Å²) in [6.07, 6.45) is 1.90. The SMILES string of the molecule is CCCOC(=O)C(C)=CC(=O)OCC. The van der Waals surface area contributed by atoms with Crippen LogP contribution in [0.5, 0.6) is 0 Å². The van der Waals surface area contributed by atoms with Gasteiger partial charge in [-0.1, -0.05) is 6.92 Å². The molecule has 0 unspecified atom stereocenters. The molecule has 14 heavy (non-hydrogen) atoms. The first-order valence-corrected chi connectivity index (χ1v) is 4.64. The highest BCUT2D eigenvalue weighted by atomic mass is 16.5. The molecule has 0 aromatic carbocycles. The van der Waals surface area contributed by atoms with Crippen LogP contribution in [0.25, 0.3) is 0 Å². The van der Waals surface area contributed by atoms with Crippen LogP contribution in [0.4, 0.5) is 0 Å². The molecule has 0 saturated heterocycles. The van der Waals surface area contributed by atoms with Gasteiger partial charge in [0.2, 0.25) is 0 Å². The third-order valence-corrected chi connectivity index (χ3v) is 1.38. The van der Waals surface area contributed by atoms with E-state index in [2.05, 4.69) is 4.74 Å². The van der Waals surface area contributed by atoms with Crippen LogP contribution >= 0.6 is 0 Å². The lowest BCUT2D eigenvalue weighted by Crippen LogP contribution is -2.09. The molecule has 0 saturated carbocycles. The van der Waals surface area contributed by atoms with Crippen LogP contribution in [0.2, 0.25) is 0 Å². The second-order valence-electron chi connectivity index (χ2n) is 2.72. The Morgan fingerprint density at radius 2 is 1.86 bits per heavy atom. The number of carbonyl (C=O) groups is 2. The third-order valence-electron chi connectivity index (χ3n) is 1.38. The van der Waals surface area contributed by atoms with E-state index in [1.807, 2.05) is 6.92 Å². The van der Waals surface area contributed by atoms with Crippen LogP contribution in [0, 0.1) is 0 Å². The van der Waals surface area contributed by atoms with Crippen LogP contribution < -0.4 is 0 Å². The summed E-state index contributed by atoms with van der Waals surface area (Å²) in [5, 5.41) is 0. The monoisotopic (exact) mass is 200 g/mol. The van der Waals surface area contributed by atoms with Gasteiger partial charge in [-0.3, -0.25) is 0 Å². The van der Waals surface area contributed by atoms with Crippen LogP contribution in [-0.2, 0) is 19.1 Å². The van der Waals surface area contributed by atoms with Gasteiger partial charge in [-0.15, -0.1) is 0 Å². The number of hydrogen-bond donors (Lipinski definition) is 0. The first-order chi connectivity index (χ1) is 6.61. The highest BCUT2D eigenvalue weighted by Crippen LogP contribution is 1.98. The Bertz CT molecular complexity index is 230. The van der Waals surface area contributed by atoms with Gasteiger partial charge >= 0.3 is 11.9 Å². The van der Waals surface area contributed by atoms with E-state index in [0.717, 1.165) is 12.5 Å². The van der Waals surface area contributed by atoms with Gasteiger partial charge in [0.1, 0.15) is 0 Å². The Labute approximate surface area is 83.9 Å².